The van der Waals surface area contributed by atoms with E-state index in [1.807, 2.05) is 37.2 Å². The summed E-state index contributed by atoms with van der Waals surface area (Å²) in [6.45, 7) is 20.6. The van der Waals surface area contributed by atoms with E-state index in [2.05, 4.69) is 221 Å². The van der Waals surface area contributed by atoms with Crippen molar-refractivity contribution in [2.75, 3.05) is 26.1 Å². The second-order valence-electron chi connectivity index (χ2n) is 34.0. The molecule has 6 aromatic carbocycles. The zero-order valence-corrected chi connectivity index (χ0v) is 64.4. The Balaban J connectivity index is 0.000000100. The number of nitrogens with zero attached hydrogens (tertiary/aromatic N) is 14. The lowest BCUT2D eigenvalue weighted by Crippen LogP contribution is -2.44. The first-order valence-electron chi connectivity index (χ1n) is 42.3. The fraction of sp³-hybridized carbons (Fsp3) is 0.430. The molecular formula is C93H106N14. The number of para-hydroxylation sites is 2. The van der Waals surface area contributed by atoms with E-state index in [0.717, 1.165) is 94.2 Å². The van der Waals surface area contributed by atoms with Gasteiger partial charge in [0.2, 0.25) is 0 Å². The average Bonchev–Trinajstić information content (AvgIpc) is 1.66. The highest BCUT2D eigenvalue weighted by atomic mass is 15.4. The van der Waals surface area contributed by atoms with Crippen LogP contribution in [0.5, 0.6) is 0 Å². The molecule has 0 amide bonds. The minimum Gasteiger partial charge on any atom is -0.363 e. The molecule has 11 aromatic rings. The van der Waals surface area contributed by atoms with Crippen LogP contribution in [0.2, 0.25) is 0 Å². The van der Waals surface area contributed by atoms with Gasteiger partial charge in [-0.1, -0.05) is 118 Å². The van der Waals surface area contributed by atoms with E-state index < -0.39 is 12.9 Å². The van der Waals surface area contributed by atoms with E-state index in [1.165, 1.54) is 188 Å². The lowest BCUT2D eigenvalue weighted by Gasteiger charge is -2.41. The Kier molecular flexibility index (Phi) is 15.3. The molecule has 5 aromatic heterocycles. The van der Waals surface area contributed by atoms with Crippen molar-refractivity contribution in [1.29, 1.82) is 0 Å². The summed E-state index contributed by atoms with van der Waals surface area (Å²) in [4.78, 5) is 35.7. The fourth-order valence-electron chi connectivity index (χ4n) is 22.2. The van der Waals surface area contributed by atoms with E-state index in [-0.39, 0.29) is 17.1 Å². The topological polar surface area (TPSA) is 100 Å². The van der Waals surface area contributed by atoms with Crippen LogP contribution < -0.4 is 19.6 Å². The van der Waals surface area contributed by atoms with Crippen LogP contribution in [0.3, 0.4) is 0 Å². The minimum atomic E-state index is -2.42. The number of aromatic nitrogens is 9. The molecule has 3 saturated carbocycles. The number of pyridine rings is 1. The molecule has 4 fully saturated rings. The van der Waals surface area contributed by atoms with Crippen molar-refractivity contribution in [2.45, 2.75) is 245 Å². The molecule has 13 heterocycles. The van der Waals surface area contributed by atoms with Crippen LogP contribution >= 0.6 is 0 Å². The normalized spacial score (nSPS) is 22.8. The van der Waals surface area contributed by atoms with Crippen molar-refractivity contribution >= 4 is 97.0 Å². The number of allylic oxidation sites excluding steroid dienone is 3. The summed E-state index contributed by atoms with van der Waals surface area (Å²) in [7, 11) is 0. The number of imidazole rings is 4. The number of fused-ring (bicyclic) bond motifs is 18. The Labute approximate surface area is 637 Å². The Morgan fingerprint density at radius 2 is 1.01 bits per heavy atom. The van der Waals surface area contributed by atoms with Crippen molar-refractivity contribution in [1.82, 2.24) is 48.1 Å². The van der Waals surface area contributed by atoms with Gasteiger partial charge in [0.25, 0.3) is 0 Å². The predicted octanol–water partition coefficient (Wildman–Crippen LogP) is 21.5. The van der Waals surface area contributed by atoms with Gasteiger partial charge < -0.3 is 38.2 Å². The molecule has 3 unspecified atom stereocenters. The summed E-state index contributed by atoms with van der Waals surface area (Å²) in [5.74, 6) is 5.68. The Bertz CT molecular complexity index is 5680. The molecule has 22 rings (SSSR count). The number of anilines is 6. The molecule has 4 atom stereocenters. The summed E-state index contributed by atoms with van der Waals surface area (Å²) in [6, 6.07) is 39.5. The summed E-state index contributed by atoms with van der Waals surface area (Å²) in [5.41, 5.74) is 27.3. The largest absolute Gasteiger partial charge is 0.363 e. The molecule has 0 bridgehead atoms. The van der Waals surface area contributed by atoms with Gasteiger partial charge in [-0.25, -0.2) is 24.9 Å². The number of hydrogen-bond acceptors (Lipinski definition) is 10. The van der Waals surface area contributed by atoms with Crippen LogP contribution in [-0.4, -0.2) is 84.4 Å². The second-order valence-corrected chi connectivity index (χ2v) is 34.0. The van der Waals surface area contributed by atoms with Crippen molar-refractivity contribution in [3.8, 4) is 5.69 Å². The average molecular weight is 1420 g/mol. The van der Waals surface area contributed by atoms with Gasteiger partial charge in [0, 0.05) is 142 Å². The van der Waals surface area contributed by atoms with Crippen LogP contribution in [0.25, 0.3) is 68.4 Å². The van der Waals surface area contributed by atoms with Crippen LogP contribution in [0.4, 0.5) is 34.3 Å². The fourth-order valence-corrected chi connectivity index (χ4v) is 22.2. The first-order valence-corrected chi connectivity index (χ1v) is 40.3. The standard InChI is InChI=1S/C25H27N3.C23H24N4.C23H31N3.C22H24N4/c1-17-15-20-23(27-14-8-11-24(27)26-20)16-22(17)28-18(2)25(12-6-3-7-13-25)19-9-4-5-10-21(19)28;1-16-13-18-20(26-12-6-8-21(26)25-18)14-19(16)27-15-23(9-3-2-4-10-23)17-7-5-11-24-22(17)27;1-16-13-18-20(25-12-8-9-21(25)24-18)14-19(16)26-17(2)23(15-22(26,3)4)10-6-5-7-11-23;1-14(2)24-9-10-25(16(24)4)20-13-21-18(11-15(20)3)23-22-12-17-7-5-6-8-19(17)26(21)22/h4-5,8-10,14-16,18H,3,6-7,11-13H2,1-2H3;5-7,11-14H,2-4,8-10,15H2,1H3;8,12-14,17H,5-7,9-11,15H2,1-4H3;5-11,13-14,16H,12H2,1-4H3/t;;;16-/m...0/s1/i;;;1D3,14D/t;;;14?,16-. The Hall–Kier alpha value is -9.69. The summed E-state index contributed by atoms with van der Waals surface area (Å²) < 4.78 is 40.8. The van der Waals surface area contributed by atoms with E-state index in [9.17, 15) is 0 Å². The zero-order chi connectivity index (χ0) is 76.4. The molecule has 0 radical (unpaired) electrons. The summed E-state index contributed by atoms with van der Waals surface area (Å²) in [6.07, 6.45) is 43.7. The highest BCUT2D eigenvalue weighted by Crippen LogP contribution is 2.59. The maximum Gasteiger partial charge on any atom is 0.136 e. The molecule has 11 aliphatic rings. The Morgan fingerprint density at radius 3 is 1.64 bits per heavy atom. The first-order chi connectivity index (χ1) is 53.4. The van der Waals surface area contributed by atoms with Crippen LogP contribution in [0.1, 0.15) is 219 Å². The molecule has 14 heteroatoms. The SMILES string of the molecule is Cc1cc2nc3n(c2cc1N1C(C)C2(CCCCC2)CC1(C)C)C=CC3.Cc1cc2nc3n(c2cc1N1CC2(CCCCC2)c2cccnc21)C=CC3.Cc1cc2nc3n(c2cc1N1c2ccccc2C2(CCCCC2)C1C)C=CC3.[2H]C([2H])([2H])C([2H])(C)N1C=CN(c2cc3c(cc2C)nc2n3-c3ccccc3C2)[C@H]1C. The van der Waals surface area contributed by atoms with Crippen LogP contribution in [0, 0.1) is 33.1 Å². The van der Waals surface area contributed by atoms with Gasteiger partial charge in [-0.15, -0.1) is 0 Å². The van der Waals surface area contributed by atoms with Gasteiger partial charge in [0.05, 0.1) is 51.2 Å². The molecule has 0 N–H and O–H groups in total. The zero-order valence-electron chi connectivity index (χ0n) is 68.4. The third-order valence-electron chi connectivity index (χ3n) is 27.3. The van der Waals surface area contributed by atoms with Crippen LogP contribution in [-0.2, 0) is 36.5 Å². The molecule has 107 heavy (non-hydrogen) atoms. The quantitative estimate of drug-likeness (QED) is 0.166. The van der Waals surface area contributed by atoms with E-state index in [4.69, 9.17) is 30.4 Å². The minimum absolute atomic E-state index is 0.207. The van der Waals surface area contributed by atoms with Gasteiger partial charge in [0.1, 0.15) is 35.3 Å². The first kappa shape index (κ1) is 63.4. The van der Waals surface area contributed by atoms with Crippen LogP contribution in [0.15, 0.2) is 146 Å². The molecule has 8 aliphatic heterocycles. The lowest BCUT2D eigenvalue weighted by atomic mass is 9.67. The second kappa shape index (κ2) is 25.8. The maximum absolute atomic E-state index is 8.47. The molecule has 3 aliphatic carbocycles. The molecule has 1 saturated heterocycles. The lowest BCUT2D eigenvalue weighted by molar-refractivity contribution is 0.170. The number of rotatable bonds is 5. The third kappa shape index (κ3) is 10.8. The van der Waals surface area contributed by atoms with Gasteiger partial charge in [0.15, 0.2) is 0 Å². The van der Waals surface area contributed by atoms with Gasteiger partial charge in [-0.2, -0.15) is 0 Å². The highest BCUT2D eigenvalue weighted by Gasteiger charge is 2.55. The monoisotopic (exact) mass is 1420 g/mol. The smallest absolute Gasteiger partial charge is 0.136 e. The number of hydrogen-bond donors (Lipinski definition) is 0. The van der Waals surface area contributed by atoms with E-state index in [1.54, 1.807) is 16.7 Å². The summed E-state index contributed by atoms with van der Waals surface area (Å²) in [5, 5.41) is 0. The van der Waals surface area contributed by atoms with Crippen molar-refractivity contribution < 1.29 is 5.48 Å². The van der Waals surface area contributed by atoms with Gasteiger partial charge in [-0.3, -0.25) is 4.57 Å². The van der Waals surface area contributed by atoms with Gasteiger partial charge in [-0.05, 0) is 227 Å². The maximum atomic E-state index is 8.47. The number of benzene rings is 6. The molecule has 14 nitrogen and oxygen atoms in total. The predicted molar refractivity (Wildman–Crippen MR) is 442 cm³/mol. The van der Waals surface area contributed by atoms with Gasteiger partial charge >= 0.3 is 0 Å². The molecular weight excluding hydrogens is 1310 g/mol. The van der Waals surface area contributed by atoms with Crippen molar-refractivity contribution in [3.63, 3.8) is 0 Å². The number of aryl methyl sites for hydroxylation is 4. The molecule has 548 valence electrons. The molecule has 3 spiro atoms. The summed E-state index contributed by atoms with van der Waals surface area (Å²) >= 11 is 0. The van der Waals surface area contributed by atoms with E-state index >= 15 is 0 Å². The van der Waals surface area contributed by atoms with E-state index in [0.29, 0.717) is 22.9 Å². The Morgan fingerprint density at radius 1 is 0.495 bits per heavy atom. The van der Waals surface area contributed by atoms with Crippen molar-refractivity contribution in [3.05, 3.63) is 208 Å². The third-order valence-corrected chi connectivity index (χ3v) is 27.3. The highest BCUT2D eigenvalue weighted by molar-refractivity contribution is 5.91. The van der Waals surface area contributed by atoms with Crippen molar-refractivity contribution in [2.24, 2.45) is 5.41 Å².